The van der Waals surface area contributed by atoms with Crippen LogP contribution in [0.1, 0.15) is 11.4 Å². The first-order valence-corrected chi connectivity index (χ1v) is 7.09. The molecule has 1 aromatic heterocycles. The molecule has 1 heterocycles. The van der Waals surface area contributed by atoms with Crippen molar-refractivity contribution in [3.05, 3.63) is 66.0 Å². The average molecular weight is 291 g/mol. The second-order valence-electron chi connectivity index (χ2n) is 5.20. The minimum Gasteiger partial charge on any atom is -0.506 e. The molecule has 0 radical (unpaired) electrons. The van der Waals surface area contributed by atoms with Crippen LogP contribution in [0.15, 0.2) is 54.6 Å². The van der Waals surface area contributed by atoms with Gasteiger partial charge in [0.2, 0.25) is 0 Å². The first kappa shape index (κ1) is 14.1. The summed E-state index contributed by atoms with van der Waals surface area (Å²) >= 11 is 0. The molecule has 0 amide bonds. The van der Waals surface area contributed by atoms with Gasteiger partial charge in [0.1, 0.15) is 17.4 Å². The number of nitrogens with one attached hydrogen (secondary N) is 1. The molecular weight excluding hydrogens is 274 g/mol. The molecule has 0 unspecified atom stereocenters. The van der Waals surface area contributed by atoms with Crippen LogP contribution in [0.4, 0.5) is 11.5 Å². The number of rotatable bonds is 3. The molecular formula is C18H17N3O. The van der Waals surface area contributed by atoms with Crippen molar-refractivity contribution >= 4 is 11.5 Å². The van der Waals surface area contributed by atoms with E-state index in [0.717, 1.165) is 16.8 Å². The largest absolute Gasteiger partial charge is 0.506 e. The predicted molar refractivity (Wildman–Crippen MR) is 88.3 cm³/mol. The van der Waals surface area contributed by atoms with Crippen molar-refractivity contribution in [1.29, 1.82) is 0 Å². The van der Waals surface area contributed by atoms with Crippen LogP contribution < -0.4 is 5.32 Å². The van der Waals surface area contributed by atoms with E-state index < -0.39 is 0 Å². The maximum atomic E-state index is 9.95. The highest BCUT2D eigenvalue weighted by molar-refractivity contribution is 5.68. The van der Waals surface area contributed by atoms with Crippen molar-refractivity contribution in [2.45, 2.75) is 13.8 Å². The molecule has 4 heteroatoms. The monoisotopic (exact) mass is 291 g/mol. The highest BCUT2D eigenvalue weighted by Crippen LogP contribution is 2.28. The summed E-state index contributed by atoms with van der Waals surface area (Å²) in [5.74, 6) is 1.53. The summed E-state index contributed by atoms with van der Waals surface area (Å²) in [4.78, 5) is 8.86. The number of aromatic hydroxyl groups is 1. The Kier molecular flexibility index (Phi) is 3.74. The fourth-order valence-corrected chi connectivity index (χ4v) is 2.28. The number of benzene rings is 2. The van der Waals surface area contributed by atoms with Gasteiger partial charge in [-0.25, -0.2) is 9.97 Å². The fraction of sp³-hybridized carbons (Fsp3) is 0.111. The van der Waals surface area contributed by atoms with E-state index in [9.17, 15) is 5.11 Å². The van der Waals surface area contributed by atoms with Gasteiger partial charge in [-0.15, -0.1) is 0 Å². The maximum Gasteiger partial charge on any atom is 0.139 e. The summed E-state index contributed by atoms with van der Waals surface area (Å²) in [7, 11) is 0. The highest BCUT2D eigenvalue weighted by atomic mass is 16.3. The Labute approximate surface area is 129 Å². The number of aromatic nitrogens is 2. The molecule has 0 bridgehead atoms. The Balaban J connectivity index is 1.98. The van der Waals surface area contributed by atoms with Crippen LogP contribution in [-0.2, 0) is 0 Å². The second-order valence-corrected chi connectivity index (χ2v) is 5.20. The Morgan fingerprint density at radius 1 is 0.909 bits per heavy atom. The fourth-order valence-electron chi connectivity index (χ4n) is 2.28. The Morgan fingerprint density at radius 2 is 1.68 bits per heavy atom. The molecule has 0 spiro atoms. The molecule has 2 aromatic carbocycles. The van der Waals surface area contributed by atoms with Crippen molar-refractivity contribution in [2.75, 3.05) is 5.32 Å². The van der Waals surface area contributed by atoms with Crippen LogP contribution >= 0.6 is 0 Å². The Morgan fingerprint density at radius 3 is 2.45 bits per heavy atom. The van der Waals surface area contributed by atoms with Gasteiger partial charge in [0.15, 0.2) is 0 Å². The first-order chi connectivity index (χ1) is 10.6. The summed E-state index contributed by atoms with van der Waals surface area (Å²) < 4.78 is 0. The minimum absolute atomic E-state index is 0.197. The summed E-state index contributed by atoms with van der Waals surface area (Å²) in [6, 6.07) is 17.2. The van der Waals surface area contributed by atoms with E-state index in [1.165, 1.54) is 0 Å². The van der Waals surface area contributed by atoms with Crippen LogP contribution in [0.3, 0.4) is 0 Å². The maximum absolute atomic E-state index is 9.95. The molecule has 3 aromatic rings. The van der Waals surface area contributed by atoms with E-state index in [1.54, 1.807) is 6.07 Å². The average Bonchev–Trinajstić information content (AvgIpc) is 2.51. The van der Waals surface area contributed by atoms with Crippen LogP contribution in [0, 0.1) is 13.8 Å². The van der Waals surface area contributed by atoms with E-state index in [2.05, 4.69) is 15.3 Å². The molecule has 0 fully saturated rings. The van der Waals surface area contributed by atoms with Gasteiger partial charge in [-0.2, -0.15) is 0 Å². The van der Waals surface area contributed by atoms with Gasteiger partial charge in [0, 0.05) is 11.6 Å². The third kappa shape index (κ3) is 3.06. The third-order valence-corrected chi connectivity index (χ3v) is 3.32. The third-order valence-electron chi connectivity index (χ3n) is 3.32. The molecule has 0 aliphatic heterocycles. The van der Waals surface area contributed by atoms with Crippen LogP contribution in [-0.4, -0.2) is 15.1 Å². The number of aryl methyl sites for hydroxylation is 2. The summed E-state index contributed by atoms with van der Waals surface area (Å²) in [6.07, 6.45) is 0. The summed E-state index contributed by atoms with van der Waals surface area (Å²) in [5.41, 5.74) is 3.58. The lowest BCUT2D eigenvalue weighted by molar-refractivity contribution is 0.477. The lowest BCUT2D eigenvalue weighted by Crippen LogP contribution is -1.99. The number of hydrogen-bond donors (Lipinski definition) is 2. The Bertz CT molecular complexity index is 801. The quantitative estimate of drug-likeness (QED) is 0.710. The number of phenols is 1. The van der Waals surface area contributed by atoms with E-state index in [1.807, 2.05) is 62.4 Å². The van der Waals surface area contributed by atoms with E-state index in [-0.39, 0.29) is 5.75 Å². The van der Waals surface area contributed by atoms with Crippen LogP contribution in [0.25, 0.3) is 11.3 Å². The number of phenolic OH excluding ortho intramolecular Hbond substituents is 1. The summed E-state index contributed by atoms with van der Waals surface area (Å²) in [6.45, 7) is 3.83. The van der Waals surface area contributed by atoms with Crippen molar-refractivity contribution in [2.24, 2.45) is 0 Å². The van der Waals surface area contributed by atoms with Crippen LogP contribution in [0.5, 0.6) is 5.75 Å². The molecule has 0 atom stereocenters. The number of anilines is 2. The number of hydrogen-bond acceptors (Lipinski definition) is 4. The molecule has 0 saturated carbocycles. The highest BCUT2D eigenvalue weighted by Gasteiger charge is 2.07. The lowest BCUT2D eigenvalue weighted by Gasteiger charge is -2.11. The standard InChI is InChI=1S/C18H17N3O/c1-12-8-9-17(22)16(10-12)21-18-11-15(19-13(2)20-18)14-6-4-3-5-7-14/h3-11,22H,1-2H3,(H,19,20,21). The SMILES string of the molecule is Cc1ccc(O)c(Nc2cc(-c3ccccc3)nc(C)n2)c1. The molecule has 22 heavy (non-hydrogen) atoms. The predicted octanol–water partition coefficient (Wildman–Crippen LogP) is 4.21. The van der Waals surface area contributed by atoms with Crippen LogP contribution in [0.2, 0.25) is 0 Å². The smallest absolute Gasteiger partial charge is 0.139 e. The van der Waals surface area contributed by atoms with Crippen molar-refractivity contribution in [3.63, 3.8) is 0 Å². The molecule has 2 N–H and O–H groups in total. The van der Waals surface area contributed by atoms with E-state index in [4.69, 9.17) is 0 Å². The topological polar surface area (TPSA) is 58.0 Å². The molecule has 3 rings (SSSR count). The number of nitrogens with zero attached hydrogens (tertiary/aromatic N) is 2. The molecule has 0 aliphatic rings. The molecule has 4 nitrogen and oxygen atoms in total. The van der Waals surface area contributed by atoms with Gasteiger partial charge in [0.25, 0.3) is 0 Å². The second kappa shape index (κ2) is 5.85. The lowest BCUT2D eigenvalue weighted by atomic mass is 10.1. The van der Waals surface area contributed by atoms with Gasteiger partial charge in [-0.1, -0.05) is 36.4 Å². The van der Waals surface area contributed by atoms with Crippen molar-refractivity contribution in [3.8, 4) is 17.0 Å². The van der Waals surface area contributed by atoms with Gasteiger partial charge in [-0.3, -0.25) is 0 Å². The van der Waals surface area contributed by atoms with Gasteiger partial charge < -0.3 is 10.4 Å². The van der Waals surface area contributed by atoms with E-state index in [0.29, 0.717) is 17.3 Å². The van der Waals surface area contributed by atoms with E-state index >= 15 is 0 Å². The zero-order valence-corrected chi connectivity index (χ0v) is 12.5. The first-order valence-electron chi connectivity index (χ1n) is 7.09. The zero-order chi connectivity index (χ0) is 15.5. The molecule has 0 aliphatic carbocycles. The van der Waals surface area contributed by atoms with Crippen molar-refractivity contribution in [1.82, 2.24) is 9.97 Å². The molecule has 110 valence electrons. The minimum atomic E-state index is 0.197. The normalized spacial score (nSPS) is 10.5. The summed E-state index contributed by atoms with van der Waals surface area (Å²) in [5, 5.41) is 13.1. The van der Waals surface area contributed by atoms with Gasteiger partial charge in [0.05, 0.1) is 11.4 Å². The van der Waals surface area contributed by atoms with Crippen molar-refractivity contribution < 1.29 is 5.11 Å². The zero-order valence-electron chi connectivity index (χ0n) is 12.5. The van der Waals surface area contributed by atoms with Gasteiger partial charge >= 0.3 is 0 Å². The van der Waals surface area contributed by atoms with Gasteiger partial charge in [-0.05, 0) is 31.5 Å². The Hall–Kier alpha value is -2.88. The molecule has 0 saturated heterocycles.